The molecule has 0 aromatic heterocycles. The van der Waals surface area contributed by atoms with Gasteiger partial charge in [0.15, 0.2) is 11.5 Å². The van der Waals surface area contributed by atoms with Crippen molar-refractivity contribution >= 4 is 50.5 Å². The van der Waals surface area contributed by atoms with Crippen LogP contribution < -0.4 is 19.1 Å². The van der Waals surface area contributed by atoms with Crippen LogP contribution in [-0.2, 0) is 10.0 Å². The van der Waals surface area contributed by atoms with Crippen LogP contribution in [0.1, 0.15) is 24.4 Å². The Balaban J connectivity index is 1.41. The molecular formula is C25H23Cl3N2O4S. The van der Waals surface area contributed by atoms with Crippen LogP contribution in [0.25, 0.3) is 0 Å². The molecule has 2 atom stereocenters. The monoisotopic (exact) mass is 552 g/mol. The molecule has 0 spiro atoms. The number of fused-ring (bicyclic) bond motifs is 1. The lowest BCUT2D eigenvalue weighted by Crippen LogP contribution is -2.46. The highest BCUT2D eigenvalue weighted by Crippen LogP contribution is 2.40. The van der Waals surface area contributed by atoms with Crippen LogP contribution in [0, 0.1) is 0 Å². The van der Waals surface area contributed by atoms with Gasteiger partial charge in [0.2, 0.25) is 10.0 Å². The summed E-state index contributed by atoms with van der Waals surface area (Å²) in [5.74, 6) is 0.983. The van der Waals surface area contributed by atoms with Gasteiger partial charge in [-0.1, -0.05) is 46.9 Å². The van der Waals surface area contributed by atoms with Crippen LogP contribution in [-0.4, -0.2) is 34.2 Å². The Morgan fingerprint density at radius 1 is 0.857 bits per heavy atom. The summed E-state index contributed by atoms with van der Waals surface area (Å²) in [6.07, 6.45) is 1.15. The van der Waals surface area contributed by atoms with Crippen LogP contribution in [0.3, 0.4) is 0 Å². The first-order chi connectivity index (χ1) is 16.8. The van der Waals surface area contributed by atoms with Gasteiger partial charge >= 0.3 is 0 Å². The van der Waals surface area contributed by atoms with E-state index in [9.17, 15) is 8.42 Å². The summed E-state index contributed by atoms with van der Waals surface area (Å²) in [6.45, 7) is 1.43. The van der Waals surface area contributed by atoms with E-state index in [0.29, 0.717) is 59.2 Å². The summed E-state index contributed by atoms with van der Waals surface area (Å²) in [5, 5.41) is 1.74. The molecule has 3 aromatic carbocycles. The molecule has 5 rings (SSSR count). The maximum Gasteiger partial charge on any atom is 0.240 e. The van der Waals surface area contributed by atoms with E-state index in [1.54, 1.807) is 18.2 Å². The number of halogens is 3. The van der Waals surface area contributed by atoms with E-state index in [-0.39, 0.29) is 17.0 Å². The van der Waals surface area contributed by atoms with Gasteiger partial charge in [0, 0.05) is 28.7 Å². The normalized spacial score (nSPS) is 20.0. The van der Waals surface area contributed by atoms with Gasteiger partial charge in [-0.15, -0.1) is 0 Å². The largest absolute Gasteiger partial charge is 0.486 e. The lowest BCUT2D eigenvalue weighted by Gasteiger charge is -2.42. The number of rotatable bonds is 5. The minimum Gasteiger partial charge on any atom is -0.486 e. The number of piperidine rings is 1. The van der Waals surface area contributed by atoms with Crippen molar-refractivity contribution in [3.63, 3.8) is 0 Å². The smallest absolute Gasteiger partial charge is 0.240 e. The first kappa shape index (κ1) is 24.5. The number of nitrogens with one attached hydrogen (secondary N) is 1. The molecule has 3 aromatic rings. The Labute approximate surface area is 219 Å². The lowest BCUT2D eigenvalue weighted by atomic mass is 9.91. The molecule has 0 amide bonds. The van der Waals surface area contributed by atoms with E-state index in [4.69, 9.17) is 44.3 Å². The topological polar surface area (TPSA) is 67.9 Å². The number of hydrogen-bond acceptors (Lipinski definition) is 5. The molecule has 184 valence electrons. The quantitative estimate of drug-likeness (QED) is 0.413. The third-order valence-corrected chi connectivity index (χ3v) is 8.53. The zero-order chi connectivity index (χ0) is 24.6. The fourth-order valence-corrected chi connectivity index (χ4v) is 6.50. The zero-order valence-electron chi connectivity index (χ0n) is 18.6. The standard InChI is InChI=1S/C25H23Cl3N2O4S/c26-17-3-1-16(2-4-17)23-14-19(9-10-30(23)22-7-5-18(27)13-21(22)28)29-35(31,32)20-6-8-24-25(15-20)34-12-11-33-24/h1-8,13,15,19,23,29H,9-12,14H2/t19-,23+/m1/s1. The molecule has 0 bridgehead atoms. The Morgan fingerprint density at radius 2 is 1.57 bits per heavy atom. The van der Waals surface area contributed by atoms with Gasteiger partial charge < -0.3 is 14.4 Å². The summed E-state index contributed by atoms with van der Waals surface area (Å²) in [5.41, 5.74) is 1.87. The average Bonchev–Trinajstić information content (AvgIpc) is 2.84. The van der Waals surface area contributed by atoms with Gasteiger partial charge in [0.1, 0.15) is 13.2 Å². The first-order valence-electron chi connectivity index (χ1n) is 11.2. The molecule has 1 N–H and O–H groups in total. The summed E-state index contributed by atoms with van der Waals surface area (Å²) >= 11 is 18.8. The molecule has 0 unspecified atom stereocenters. The number of benzene rings is 3. The molecule has 1 fully saturated rings. The summed E-state index contributed by atoms with van der Waals surface area (Å²) in [7, 11) is -3.77. The fourth-order valence-electron chi connectivity index (χ4n) is 4.55. The van der Waals surface area contributed by atoms with E-state index in [0.717, 1.165) is 11.3 Å². The number of sulfonamides is 1. The van der Waals surface area contributed by atoms with Gasteiger partial charge in [0.05, 0.1) is 21.6 Å². The van der Waals surface area contributed by atoms with Gasteiger partial charge in [0.25, 0.3) is 0 Å². The maximum absolute atomic E-state index is 13.2. The van der Waals surface area contributed by atoms with Crippen molar-refractivity contribution in [1.82, 2.24) is 4.72 Å². The van der Waals surface area contributed by atoms with Crippen LogP contribution in [0.5, 0.6) is 11.5 Å². The van der Waals surface area contributed by atoms with Gasteiger partial charge in [-0.25, -0.2) is 13.1 Å². The van der Waals surface area contributed by atoms with Crippen LogP contribution in [0.4, 0.5) is 5.69 Å². The number of nitrogens with zero attached hydrogens (tertiary/aromatic N) is 1. The van der Waals surface area contributed by atoms with Gasteiger partial charge in [-0.3, -0.25) is 0 Å². The van der Waals surface area contributed by atoms with Crippen LogP contribution in [0.15, 0.2) is 65.6 Å². The Bertz CT molecular complexity index is 1340. The second-order valence-corrected chi connectivity index (χ2v) is 11.5. The highest BCUT2D eigenvalue weighted by molar-refractivity contribution is 7.89. The number of hydrogen-bond donors (Lipinski definition) is 1. The van der Waals surface area contributed by atoms with Crippen molar-refractivity contribution in [2.24, 2.45) is 0 Å². The van der Waals surface area contributed by atoms with E-state index < -0.39 is 10.0 Å². The Kier molecular flexibility index (Phi) is 7.06. The zero-order valence-corrected chi connectivity index (χ0v) is 21.7. The third kappa shape index (κ3) is 5.34. The molecule has 2 heterocycles. The summed E-state index contributed by atoms with van der Waals surface area (Å²) in [6, 6.07) is 17.3. The van der Waals surface area contributed by atoms with Gasteiger partial charge in [-0.2, -0.15) is 0 Å². The second-order valence-electron chi connectivity index (χ2n) is 8.50. The molecule has 1 saturated heterocycles. The molecular weight excluding hydrogens is 531 g/mol. The summed E-state index contributed by atoms with van der Waals surface area (Å²) in [4.78, 5) is 2.34. The average molecular weight is 554 g/mol. The van der Waals surface area contributed by atoms with E-state index in [1.807, 2.05) is 30.3 Å². The van der Waals surface area contributed by atoms with Crippen molar-refractivity contribution in [3.8, 4) is 11.5 Å². The van der Waals surface area contributed by atoms with Crippen molar-refractivity contribution < 1.29 is 17.9 Å². The molecule has 2 aliphatic rings. The third-order valence-electron chi connectivity index (χ3n) is 6.22. The van der Waals surface area contributed by atoms with E-state index >= 15 is 0 Å². The molecule has 0 aliphatic carbocycles. The Hall–Kier alpha value is -2.16. The SMILES string of the molecule is O=S(=O)(N[C@@H]1CCN(c2ccc(Cl)cc2Cl)[C@H](c2ccc(Cl)cc2)C1)c1ccc2c(c1)OCCO2. The molecule has 10 heteroatoms. The van der Waals surface area contributed by atoms with Crippen LogP contribution in [0.2, 0.25) is 15.1 Å². The maximum atomic E-state index is 13.2. The fraction of sp³-hybridized carbons (Fsp3) is 0.280. The predicted molar refractivity (Wildman–Crippen MR) is 139 cm³/mol. The number of ether oxygens (including phenoxy) is 2. The van der Waals surface area contributed by atoms with E-state index in [1.165, 1.54) is 12.1 Å². The van der Waals surface area contributed by atoms with Crippen molar-refractivity contribution in [2.75, 3.05) is 24.7 Å². The molecule has 2 aliphatic heterocycles. The molecule has 0 saturated carbocycles. The molecule has 0 radical (unpaired) electrons. The van der Waals surface area contributed by atoms with Gasteiger partial charge in [-0.05, 0) is 60.9 Å². The van der Waals surface area contributed by atoms with Crippen molar-refractivity contribution in [1.29, 1.82) is 0 Å². The second kappa shape index (κ2) is 10.1. The number of anilines is 1. The lowest BCUT2D eigenvalue weighted by molar-refractivity contribution is 0.171. The highest BCUT2D eigenvalue weighted by atomic mass is 35.5. The predicted octanol–water partition coefficient (Wildman–Crippen LogP) is 6.11. The first-order valence-corrected chi connectivity index (χ1v) is 13.8. The van der Waals surface area contributed by atoms with E-state index in [2.05, 4.69) is 9.62 Å². The van der Waals surface area contributed by atoms with Crippen molar-refractivity contribution in [2.45, 2.75) is 29.8 Å². The molecule has 6 nitrogen and oxygen atoms in total. The Morgan fingerprint density at radius 3 is 2.31 bits per heavy atom. The highest BCUT2D eigenvalue weighted by Gasteiger charge is 2.33. The summed E-state index contributed by atoms with van der Waals surface area (Å²) < 4.78 is 40.4. The van der Waals surface area contributed by atoms with Crippen molar-refractivity contribution in [3.05, 3.63) is 81.3 Å². The minimum absolute atomic E-state index is 0.118. The van der Waals surface area contributed by atoms with Crippen LogP contribution >= 0.6 is 34.8 Å². The molecule has 35 heavy (non-hydrogen) atoms. The minimum atomic E-state index is -3.77.